The molecule has 0 unspecified atom stereocenters. The molecule has 1 saturated heterocycles. The van der Waals surface area contributed by atoms with Gasteiger partial charge in [-0.1, -0.05) is 6.92 Å². The number of aromatic nitrogens is 2. The van der Waals surface area contributed by atoms with Gasteiger partial charge >= 0.3 is 6.03 Å². The maximum absolute atomic E-state index is 12.1. The molecule has 0 bridgehead atoms. The van der Waals surface area contributed by atoms with E-state index in [1.165, 1.54) is 0 Å². The van der Waals surface area contributed by atoms with Gasteiger partial charge in [-0.3, -0.25) is 9.48 Å². The van der Waals surface area contributed by atoms with E-state index in [0.29, 0.717) is 18.7 Å². The molecule has 3 rings (SSSR count). The summed E-state index contributed by atoms with van der Waals surface area (Å²) in [6.07, 6.45) is 3.08. The fourth-order valence-corrected chi connectivity index (χ4v) is 2.93. The number of fused-ring (bicyclic) bond motifs is 1. The van der Waals surface area contributed by atoms with Crippen molar-refractivity contribution in [1.29, 1.82) is 0 Å². The maximum atomic E-state index is 12.1. The third-order valence-corrected chi connectivity index (χ3v) is 4.05. The third-order valence-electron chi connectivity index (χ3n) is 4.05. The molecule has 1 aliphatic heterocycles. The molecule has 7 nitrogen and oxygen atoms in total. The molecule has 3 amide bonds. The van der Waals surface area contributed by atoms with Crippen molar-refractivity contribution in [3.05, 3.63) is 24.4 Å². The minimum Gasteiger partial charge on any atom is -0.341 e. The molecule has 2 N–H and O–H groups in total. The van der Waals surface area contributed by atoms with Crippen LogP contribution in [-0.4, -0.2) is 45.8 Å². The van der Waals surface area contributed by atoms with E-state index in [4.69, 9.17) is 0 Å². The Balaban J connectivity index is 1.60. The van der Waals surface area contributed by atoms with Gasteiger partial charge in [-0.2, -0.15) is 5.10 Å². The summed E-state index contributed by atoms with van der Waals surface area (Å²) in [6.45, 7) is 3.37. The van der Waals surface area contributed by atoms with Crippen LogP contribution in [0.15, 0.2) is 24.4 Å². The molecule has 0 radical (unpaired) electrons. The highest BCUT2D eigenvalue weighted by atomic mass is 16.2. The van der Waals surface area contributed by atoms with Gasteiger partial charge in [-0.25, -0.2) is 4.79 Å². The number of likely N-dealkylation sites (tertiary alicyclic amines) is 1. The van der Waals surface area contributed by atoms with Crippen LogP contribution in [0.5, 0.6) is 0 Å². The molecule has 1 fully saturated rings. The Bertz CT molecular complexity index is 739. The fraction of sp³-hybridized carbons (Fsp3) is 0.438. The zero-order valence-electron chi connectivity index (χ0n) is 13.4. The number of aryl methyl sites for hydroxylation is 1. The molecule has 2 aromatic rings. The number of urea groups is 1. The highest BCUT2D eigenvalue weighted by molar-refractivity contribution is 5.93. The Labute approximate surface area is 134 Å². The minimum absolute atomic E-state index is 0.105. The number of amides is 3. The summed E-state index contributed by atoms with van der Waals surface area (Å²) in [5.41, 5.74) is 1.65. The molecule has 1 aromatic heterocycles. The van der Waals surface area contributed by atoms with E-state index in [1.807, 2.05) is 32.2 Å². The predicted molar refractivity (Wildman–Crippen MR) is 88.1 cm³/mol. The van der Waals surface area contributed by atoms with Crippen molar-refractivity contribution in [2.75, 3.05) is 18.4 Å². The molecule has 0 spiro atoms. The van der Waals surface area contributed by atoms with Crippen LogP contribution in [-0.2, 0) is 11.8 Å². The average Bonchev–Trinajstić information content (AvgIpc) is 3.03. The Morgan fingerprint density at radius 1 is 1.43 bits per heavy atom. The van der Waals surface area contributed by atoms with E-state index in [0.717, 1.165) is 23.9 Å². The van der Waals surface area contributed by atoms with Crippen LogP contribution < -0.4 is 10.6 Å². The standard InChI is InChI=1S/C16H21N5O2/c1-3-6-21-10-13(8-15(21)22)19-16(23)18-12-5-4-11-9-17-20(2)14(11)7-12/h4-5,7,9,13H,3,6,8,10H2,1-2H3,(H2,18,19,23)/t13-/m1/s1. The van der Waals surface area contributed by atoms with Crippen LogP contribution in [0.25, 0.3) is 10.9 Å². The smallest absolute Gasteiger partial charge is 0.319 e. The lowest BCUT2D eigenvalue weighted by Crippen LogP contribution is -2.39. The maximum Gasteiger partial charge on any atom is 0.319 e. The molecule has 7 heteroatoms. The van der Waals surface area contributed by atoms with Crippen LogP contribution >= 0.6 is 0 Å². The minimum atomic E-state index is -0.289. The van der Waals surface area contributed by atoms with Gasteiger partial charge < -0.3 is 15.5 Å². The van der Waals surface area contributed by atoms with E-state index < -0.39 is 0 Å². The lowest BCUT2D eigenvalue weighted by Gasteiger charge is -2.16. The Hall–Kier alpha value is -2.57. The van der Waals surface area contributed by atoms with E-state index in [-0.39, 0.29) is 18.0 Å². The topological polar surface area (TPSA) is 79.3 Å². The first kappa shape index (κ1) is 15.3. The average molecular weight is 315 g/mol. The van der Waals surface area contributed by atoms with Gasteiger partial charge in [0.25, 0.3) is 0 Å². The van der Waals surface area contributed by atoms with Crippen molar-refractivity contribution in [2.24, 2.45) is 7.05 Å². The molecule has 1 atom stereocenters. The van der Waals surface area contributed by atoms with Gasteiger partial charge in [-0.15, -0.1) is 0 Å². The summed E-state index contributed by atoms with van der Waals surface area (Å²) in [6, 6.07) is 5.22. The number of hydrogen-bond acceptors (Lipinski definition) is 3. The van der Waals surface area contributed by atoms with Crippen LogP contribution in [0.3, 0.4) is 0 Å². The second-order valence-electron chi connectivity index (χ2n) is 5.88. The van der Waals surface area contributed by atoms with Gasteiger partial charge in [0, 0.05) is 37.6 Å². The first-order valence-corrected chi connectivity index (χ1v) is 7.84. The number of hydrogen-bond donors (Lipinski definition) is 2. The molecule has 0 saturated carbocycles. The summed E-state index contributed by atoms with van der Waals surface area (Å²) in [7, 11) is 1.86. The Morgan fingerprint density at radius 2 is 2.26 bits per heavy atom. The highest BCUT2D eigenvalue weighted by Gasteiger charge is 2.29. The molecular formula is C16H21N5O2. The first-order chi connectivity index (χ1) is 11.1. The largest absolute Gasteiger partial charge is 0.341 e. The van der Waals surface area contributed by atoms with Crippen molar-refractivity contribution in [1.82, 2.24) is 20.0 Å². The zero-order valence-corrected chi connectivity index (χ0v) is 13.4. The van der Waals surface area contributed by atoms with Crippen molar-refractivity contribution in [3.63, 3.8) is 0 Å². The van der Waals surface area contributed by atoms with Gasteiger partial charge in [0.15, 0.2) is 0 Å². The zero-order chi connectivity index (χ0) is 16.4. The number of nitrogens with zero attached hydrogens (tertiary/aromatic N) is 3. The summed E-state index contributed by atoms with van der Waals surface area (Å²) in [5.74, 6) is 0.105. The number of anilines is 1. The summed E-state index contributed by atoms with van der Waals surface area (Å²) in [4.78, 5) is 25.7. The lowest BCUT2D eigenvalue weighted by atomic mass is 10.2. The van der Waals surface area contributed by atoms with Crippen molar-refractivity contribution in [3.8, 4) is 0 Å². The fourth-order valence-electron chi connectivity index (χ4n) is 2.93. The summed E-state index contributed by atoms with van der Waals surface area (Å²) >= 11 is 0. The monoisotopic (exact) mass is 315 g/mol. The predicted octanol–water partition coefficient (Wildman–Crippen LogP) is 1.71. The van der Waals surface area contributed by atoms with Crippen molar-refractivity contribution < 1.29 is 9.59 Å². The lowest BCUT2D eigenvalue weighted by molar-refractivity contribution is -0.127. The number of carbonyl (C=O) groups is 2. The van der Waals surface area contributed by atoms with Crippen LogP contribution in [0.4, 0.5) is 10.5 Å². The Kier molecular flexibility index (Phi) is 4.18. The van der Waals surface area contributed by atoms with E-state index in [2.05, 4.69) is 15.7 Å². The first-order valence-electron chi connectivity index (χ1n) is 7.84. The molecule has 0 aliphatic carbocycles. The number of benzene rings is 1. The van der Waals surface area contributed by atoms with Crippen LogP contribution in [0, 0.1) is 0 Å². The molecule has 23 heavy (non-hydrogen) atoms. The molecular weight excluding hydrogens is 294 g/mol. The molecule has 122 valence electrons. The van der Waals surface area contributed by atoms with Gasteiger partial charge in [0.1, 0.15) is 0 Å². The number of carbonyl (C=O) groups excluding carboxylic acids is 2. The van der Waals surface area contributed by atoms with E-state index in [9.17, 15) is 9.59 Å². The summed E-state index contributed by atoms with van der Waals surface area (Å²) in [5, 5.41) is 10.9. The van der Waals surface area contributed by atoms with Gasteiger partial charge in [0.05, 0.1) is 17.8 Å². The second-order valence-corrected chi connectivity index (χ2v) is 5.88. The Morgan fingerprint density at radius 3 is 3.04 bits per heavy atom. The summed E-state index contributed by atoms with van der Waals surface area (Å²) < 4.78 is 1.76. The van der Waals surface area contributed by atoms with Crippen molar-refractivity contribution >= 4 is 28.5 Å². The second kappa shape index (κ2) is 6.28. The number of nitrogens with one attached hydrogen (secondary N) is 2. The third kappa shape index (κ3) is 3.28. The van der Waals surface area contributed by atoms with Gasteiger partial charge in [-0.05, 0) is 24.6 Å². The van der Waals surface area contributed by atoms with E-state index >= 15 is 0 Å². The quantitative estimate of drug-likeness (QED) is 0.901. The molecule has 2 heterocycles. The SMILES string of the molecule is CCCN1C[C@H](NC(=O)Nc2ccc3cnn(C)c3c2)CC1=O. The van der Waals surface area contributed by atoms with E-state index in [1.54, 1.807) is 15.8 Å². The van der Waals surface area contributed by atoms with Crippen LogP contribution in [0.1, 0.15) is 19.8 Å². The van der Waals surface area contributed by atoms with Crippen LogP contribution in [0.2, 0.25) is 0 Å². The van der Waals surface area contributed by atoms with Gasteiger partial charge in [0.2, 0.25) is 5.91 Å². The highest BCUT2D eigenvalue weighted by Crippen LogP contribution is 2.18. The molecule has 1 aliphatic rings. The normalized spacial score (nSPS) is 17.7. The number of rotatable bonds is 4. The van der Waals surface area contributed by atoms with Crippen molar-refractivity contribution in [2.45, 2.75) is 25.8 Å². The molecule has 1 aromatic carbocycles.